The maximum atomic E-state index is 11.3. The third-order valence-corrected chi connectivity index (χ3v) is 2.20. The first-order chi connectivity index (χ1) is 7.15. The van der Waals surface area contributed by atoms with E-state index in [9.17, 15) is 4.79 Å². The summed E-state index contributed by atoms with van der Waals surface area (Å²) in [7, 11) is 0. The van der Waals surface area contributed by atoms with Gasteiger partial charge in [-0.2, -0.15) is 0 Å². The van der Waals surface area contributed by atoms with Gasteiger partial charge in [0.05, 0.1) is 6.61 Å². The van der Waals surface area contributed by atoms with Crippen LogP contribution in [0.3, 0.4) is 0 Å². The molecule has 0 aromatic rings. The molecular weight excluding hydrogens is 204 g/mol. The average molecular weight is 220 g/mol. The largest absolute Gasteiger partial charge is 0.431 e. The van der Waals surface area contributed by atoms with E-state index < -0.39 is 31.1 Å². The van der Waals surface area contributed by atoms with Gasteiger partial charge in [-0.15, -0.1) is 0 Å². The summed E-state index contributed by atoms with van der Waals surface area (Å²) in [5.41, 5.74) is 0. The molecule has 1 aliphatic rings. The number of aliphatic hydroxyl groups is 3. The first-order valence-electron chi connectivity index (χ1n) is 4.94. The smallest absolute Gasteiger partial charge is 0.337 e. The molecule has 0 spiro atoms. The molecule has 0 aromatic carbocycles. The Morgan fingerprint density at radius 3 is 2.73 bits per heavy atom. The van der Waals surface area contributed by atoms with Crippen LogP contribution >= 0.6 is 0 Å². The van der Waals surface area contributed by atoms with Crippen LogP contribution in [0, 0.1) is 0 Å². The summed E-state index contributed by atoms with van der Waals surface area (Å²) < 4.78 is 9.65. The van der Waals surface area contributed by atoms with Crippen LogP contribution in [0.4, 0.5) is 0 Å². The van der Waals surface area contributed by atoms with E-state index in [1.54, 1.807) is 0 Å². The Balaban J connectivity index is 2.33. The highest BCUT2D eigenvalue weighted by Crippen LogP contribution is 2.14. The van der Waals surface area contributed by atoms with Crippen molar-refractivity contribution in [2.24, 2.45) is 0 Å². The topological polar surface area (TPSA) is 96.2 Å². The van der Waals surface area contributed by atoms with Crippen LogP contribution < -0.4 is 0 Å². The first-order valence-corrected chi connectivity index (χ1v) is 4.94. The summed E-state index contributed by atoms with van der Waals surface area (Å²) >= 11 is 0. The molecule has 3 unspecified atom stereocenters. The number of rotatable bonds is 4. The highest BCUT2D eigenvalue weighted by molar-refractivity contribution is 5.74. The summed E-state index contributed by atoms with van der Waals surface area (Å²) in [6.45, 7) is -0.168. The molecule has 1 aliphatic heterocycles. The lowest BCUT2D eigenvalue weighted by atomic mass is 10.1. The Morgan fingerprint density at radius 1 is 1.47 bits per heavy atom. The van der Waals surface area contributed by atoms with Gasteiger partial charge in [-0.25, -0.2) is 4.79 Å². The second kappa shape index (κ2) is 6.02. The maximum absolute atomic E-state index is 11.3. The molecule has 0 bridgehead atoms. The van der Waals surface area contributed by atoms with Crippen molar-refractivity contribution in [1.82, 2.24) is 0 Å². The normalized spacial score (nSPS) is 25.7. The zero-order valence-electron chi connectivity index (χ0n) is 8.33. The van der Waals surface area contributed by atoms with Crippen LogP contribution in [0.25, 0.3) is 0 Å². The van der Waals surface area contributed by atoms with Gasteiger partial charge in [0.15, 0.2) is 6.10 Å². The van der Waals surface area contributed by atoms with Gasteiger partial charge in [0.1, 0.15) is 6.10 Å². The number of ether oxygens (including phenoxy) is 2. The van der Waals surface area contributed by atoms with Gasteiger partial charge in [-0.05, 0) is 19.3 Å². The highest BCUT2D eigenvalue weighted by Gasteiger charge is 2.27. The summed E-state index contributed by atoms with van der Waals surface area (Å²) in [5.74, 6) is -0.699. The van der Waals surface area contributed by atoms with Crippen molar-refractivity contribution in [3.8, 4) is 0 Å². The summed E-state index contributed by atoms with van der Waals surface area (Å²) in [6.07, 6.45) is -1.50. The number of esters is 1. The van der Waals surface area contributed by atoms with Gasteiger partial charge in [-0.3, -0.25) is 0 Å². The Kier molecular flexibility index (Phi) is 4.97. The molecule has 0 aromatic heterocycles. The number of hydrogen-bond donors (Lipinski definition) is 3. The van der Waals surface area contributed by atoms with Crippen molar-refractivity contribution >= 4 is 5.97 Å². The third-order valence-electron chi connectivity index (χ3n) is 2.20. The number of carbonyl (C=O) groups is 1. The fourth-order valence-electron chi connectivity index (χ4n) is 1.29. The zero-order valence-corrected chi connectivity index (χ0v) is 8.33. The summed E-state index contributed by atoms with van der Waals surface area (Å²) in [6, 6.07) is 0. The quantitative estimate of drug-likeness (QED) is 0.405. The average Bonchev–Trinajstić information content (AvgIpc) is 2.29. The molecule has 0 radical (unpaired) electrons. The van der Waals surface area contributed by atoms with Crippen LogP contribution in [0.5, 0.6) is 0 Å². The van der Waals surface area contributed by atoms with E-state index in [0.717, 1.165) is 12.8 Å². The molecule has 6 nitrogen and oxygen atoms in total. The molecule has 0 aliphatic carbocycles. The molecule has 3 atom stereocenters. The lowest BCUT2D eigenvalue weighted by Crippen LogP contribution is -2.38. The third kappa shape index (κ3) is 3.75. The van der Waals surface area contributed by atoms with Crippen LogP contribution in [-0.2, 0) is 14.3 Å². The van der Waals surface area contributed by atoms with Gasteiger partial charge >= 0.3 is 5.97 Å². The van der Waals surface area contributed by atoms with E-state index in [2.05, 4.69) is 4.74 Å². The monoisotopic (exact) mass is 220 g/mol. The summed E-state index contributed by atoms with van der Waals surface area (Å²) in [4.78, 5) is 11.3. The first kappa shape index (κ1) is 12.4. The standard InChI is InChI=1S/C9H16O6/c10-5-6(11)8(12)15-9(13)7-3-1-2-4-14-7/h6-8,10-12H,1-5H2. The molecule has 15 heavy (non-hydrogen) atoms. The van der Waals surface area contributed by atoms with Crippen molar-refractivity contribution in [2.75, 3.05) is 13.2 Å². The predicted molar refractivity (Wildman–Crippen MR) is 48.8 cm³/mol. The van der Waals surface area contributed by atoms with Gasteiger partial charge in [0.2, 0.25) is 6.29 Å². The Labute approximate surface area is 87.4 Å². The Hall–Kier alpha value is -0.690. The molecular formula is C9H16O6. The van der Waals surface area contributed by atoms with Crippen LogP contribution in [0.2, 0.25) is 0 Å². The number of aliphatic hydroxyl groups excluding tert-OH is 3. The molecule has 6 heteroatoms. The van der Waals surface area contributed by atoms with E-state index in [0.29, 0.717) is 13.0 Å². The number of hydrogen-bond acceptors (Lipinski definition) is 6. The lowest BCUT2D eigenvalue weighted by molar-refractivity contribution is -0.202. The van der Waals surface area contributed by atoms with Crippen molar-refractivity contribution in [3.05, 3.63) is 0 Å². The Morgan fingerprint density at radius 2 is 2.20 bits per heavy atom. The lowest BCUT2D eigenvalue weighted by Gasteiger charge is -2.23. The molecule has 3 N–H and O–H groups in total. The van der Waals surface area contributed by atoms with E-state index >= 15 is 0 Å². The number of carbonyl (C=O) groups excluding carboxylic acids is 1. The van der Waals surface area contributed by atoms with E-state index in [4.69, 9.17) is 20.1 Å². The second-order valence-electron chi connectivity index (χ2n) is 3.43. The minimum Gasteiger partial charge on any atom is -0.431 e. The van der Waals surface area contributed by atoms with Gasteiger partial charge in [-0.1, -0.05) is 0 Å². The Bertz CT molecular complexity index is 201. The van der Waals surface area contributed by atoms with E-state index in [-0.39, 0.29) is 0 Å². The van der Waals surface area contributed by atoms with Gasteiger partial charge in [0, 0.05) is 6.61 Å². The summed E-state index contributed by atoms with van der Waals surface area (Å²) in [5, 5.41) is 26.6. The van der Waals surface area contributed by atoms with Crippen LogP contribution in [0.15, 0.2) is 0 Å². The second-order valence-corrected chi connectivity index (χ2v) is 3.43. The minimum atomic E-state index is -1.70. The predicted octanol–water partition coefficient (Wildman–Crippen LogP) is -1.23. The molecule has 1 fully saturated rings. The molecule has 0 amide bonds. The molecule has 1 rings (SSSR count). The SMILES string of the molecule is O=C(OC(O)C(O)CO)C1CCCCO1. The fourth-order valence-corrected chi connectivity index (χ4v) is 1.29. The fraction of sp³-hybridized carbons (Fsp3) is 0.889. The van der Waals surface area contributed by atoms with Crippen molar-refractivity contribution in [1.29, 1.82) is 0 Å². The molecule has 0 saturated carbocycles. The van der Waals surface area contributed by atoms with Gasteiger partial charge in [0.25, 0.3) is 0 Å². The van der Waals surface area contributed by atoms with Crippen molar-refractivity contribution in [3.63, 3.8) is 0 Å². The molecule has 1 saturated heterocycles. The zero-order chi connectivity index (χ0) is 11.3. The van der Waals surface area contributed by atoms with Crippen molar-refractivity contribution < 1.29 is 29.6 Å². The van der Waals surface area contributed by atoms with Crippen LogP contribution in [0.1, 0.15) is 19.3 Å². The maximum Gasteiger partial charge on any atom is 0.337 e. The highest BCUT2D eigenvalue weighted by atomic mass is 16.7. The molecule has 1 heterocycles. The van der Waals surface area contributed by atoms with E-state index in [1.165, 1.54) is 0 Å². The minimum absolute atomic E-state index is 0.498. The van der Waals surface area contributed by atoms with E-state index in [1.807, 2.05) is 0 Å². The van der Waals surface area contributed by atoms with Crippen LogP contribution in [-0.4, -0.2) is 53.0 Å². The van der Waals surface area contributed by atoms with Crippen molar-refractivity contribution in [2.45, 2.75) is 37.8 Å². The van der Waals surface area contributed by atoms with Gasteiger partial charge < -0.3 is 24.8 Å². The molecule has 88 valence electrons.